The summed E-state index contributed by atoms with van der Waals surface area (Å²) in [7, 11) is 0. The molecule has 0 fully saturated rings. The van der Waals surface area contributed by atoms with Gasteiger partial charge in [0.2, 0.25) is 0 Å². The van der Waals surface area contributed by atoms with Crippen molar-refractivity contribution in [2.24, 2.45) is 5.73 Å². The summed E-state index contributed by atoms with van der Waals surface area (Å²) in [5.74, 6) is 0.849. The normalized spacial score (nSPS) is 12.4. The predicted molar refractivity (Wildman–Crippen MR) is 80.7 cm³/mol. The van der Waals surface area contributed by atoms with Gasteiger partial charge in [0.15, 0.2) is 0 Å². The second-order valence-electron chi connectivity index (χ2n) is 4.95. The lowest BCUT2D eigenvalue weighted by atomic mass is 10.1. The summed E-state index contributed by atoms with van der Waals surface area (Å²) in [6.45, 7) is 7.56. The fourth-order valence-electron chi connectivity index (χ4n) is 2.12. The number of nitrogens with two attached hydrogens (primary N) is 1. The van der Waals surface area contributed by atoms with E-state index in [4.69, 9.17) is 10.5 Å². The molecule has 108 valence electrons. The average molecular weight is 273 g/mol. The minimum Gasteiger partial charge on any atom is -0.487 e. The topological polar surface area (TPSA) is 53.1 Å². The molecule has 4 heteroatoms. The van der Waals surface area contributed by atoms with Gasteiger partial charge in [0.1, 0.15) is 12.4 Å². The van der Waals surface area contributed by atoms with Gasteiger partial charge in [-0.2, -0.15) is 5.10 Å². The Bertz CT molecular complexity index is 561. The molecule has 0 radical (unpaired) electrons. The highest BCUT2D eigenvalue weighted by atomic mass is 16.5. The monoisotopic (exact) mass is 273 g/mol. The van der Waals surface area contributed by atoms with E-state index in [1.807, 2.05) is 35.9 Å². The second-order valence-corrected chi connectivity index (χ2v) is 4.95. The highest BCUT2D eigenvalue weighted by Crippen LogP contribution is 2.19. The maximum Gasteiger partial charge on any atom is 0.130 e. The largest absolute Gasteiger partial charge is 0.487 e. The molecule has 0 aliphatic carbocycles. The van der Waals surface area contributed by atoms with Crippen LogP contribution in [0.3, 0.4) is 0 Å². The molecular weight excluding hydrogens is 250 g/mol. The molecule has 2 N–H and O–H groups in total. The van der Waals surface area contributed by atoms with Crippen molar-refractivity contribution in [3.8, 4) is 5.75 Å². The summed E-state index contributed by atoms with van der Waals surface area (Å²) in [4.78, 5) is 0. The Hall–Kier alpha value is -1.81. The number of aryl methyl sites for hydroxylation is 2. The fraction of sp³-hybridized carbons (Fsp3) is 0.438. The molecule has 0 amide bonds. The van der Waals surface area contributed by atoms with Crippen LogP contribution in [-0.2, 0) is 19.6 Å². The van der Waals surface area contributed by atoms with E-state index in [-0.39, 0.29) is 6.04 Å². The average Bonchev–Trinajstić information content (AvgIpc) is 2.88. The van der Waals surface area contributed by atoms with Crippen LogP contribution >= 0.6 is 0 Å². The van der Waals surface area contributed by atoms with Gasteiger partial charge in [0.05, 0.1) is 11.4 Å². The van der Waals surface area contributed by atoms with Crippen molar-refractivity contribution in [3.63, 3.8) is 0 Å². The minimum absolute atomic E-state index is 0.0198. The van der Waals surface area contributed by atoms with E-state index in [1.165, 1.54) is 0 Å². The van der Waals surface area contributed by atoms with Gasteiger partial charge >= 0.3 is 0 Å². The molecule has 0 unspecified atom stereocenters. The molecule has 0 spiro atoms. The van der Waals surface area contributed by atoms with E-state index in [9.17, 15) is 0 Å². The van der Waals surface area contributed by atoms with Crippen molar-refractivity contribution >= 4 is 0 Å². The quantitative estimate of drug-likeness (QED) is 0.880. The molecule has 2 rings (SSSR count). The standard InChI is InChI=1S/C16H23N3O/c1-4-14-10-15(19(5-2)18-14)11-20-16-8-6-7-13(9-16)12(3)17/h6-10,12H,4-5,11,17H2,1-3H3/t12-/m1/s1. The Balaban J connectivity index is 2.08. The molecule has 0 bridgehead atoms. The van der Waals surface area contributed by atoms with Crippen molar-refractivity contribution in [2.75, 3.05) is 0 Å². The highest BCUT2D eigenvalue weighted by molar-refractivity contribution is 5.30. The molecule has 1 aromatic carbocycles. The summed E-state index contributed by atoms with van der Waals surface area (Å²) in [6.07, 6.45) is 0.945. The maximum absolute atomic E-state index is 5.89. The molecule has 2 aromatic rings. The van der Waals surface area contributed by atoms with Gasteiger partial charge in [-0.3, -0.25) is 4.68 Å². The van der Waals surface area contributed by atoms with E-state index < -0.39 is 0 Å². The molecule has 4 nitrogen and oxygen atoms in total. The summed E-state index contributed by atoms with van der Waals surface area (Å²) in [5, 5.41) is 4.52. The first-order chi connectivity index (χ1) is 9.63. The van der Waals surface area contributed by atoms with E-state index in [1.54, 1.807) is 0 Å². The summed E-state index contributed by atoms with van der Waals surface area (Å²) in [6, 6.07) is 10.1. The number of aromatic nitrogens is 2. The van der Waals surface area contributed by atoms with Crippen LogP contribution in [0.5, 0.6) is 5.75 Å². The number of benzene rings is 1. The van der Waals surface area contributed by atoms with Crippen LogP contribution in [0.25, 0.3) is 0 Å². The Morgan fingerprint density at radius 2 is 2.10 bits per heavy atom. The molecule has 20 heavy (non-hydrogen) atoms. The van der Waals surface area contributed by atoms with E-state index in [2.05, 4.69) is 25.0 Å². The van der Waals surface area contributed by atoms with E-state index in [0.29, 0.717) is 6.61 Å². The van der Waals surface area contributed by atoms with Gasteiger partial charge in [0, 0.05) is 12.6 Å². The van der Waals surface area contributed by atoms with Crippen LogP contribution in [0, 0.1) is 0 Å². The zero-order chi connectivity index (χ0) is 14.5. The number of ether oxygens (including phenoxy) is 1. The molecule has 0 aliphatic rings. The SMILES string of the molecule is CCc1cc(COc2cccc([C@@H](C)N)c2)n(CC)n1. The highest BCUT2D eigenvalue weighted by Gasteiger charge is 2.07. The Kier molecular flexibility index (Phi) is 4.79. The van der Waals surface area contributed by atoms with E-state index in [0.717, 1.165) is 35.7 Å². The number of rotatable bonds is 6. The van der Waals surface area contributed by atoms with Crippen molar-refractivity contribution in [1.82, 2.24) is 9.78 Å². The molecule has 0 aliphatic heterocycles. The second kappa shape index (κ2) is 6.57. The van der Waals surface area contributed by atoms with Crippen LogP contribution in [0.1, 0.15) is 43.8 Å². The van der Waals surface area contributed by atoms with Gasteiger partial charge in [-0.05, 0) is 44.0 Å². The Labute approximate surface area is 120 Å². The van der Waals surface area contributed by atoms with Crippen molar-refractivity contribution < 1.29 is 4.74 Å². The summed E-state index contributed by atoms with van der Waals surface area (Å²) >= 11 is 0. The Morgan fingerprint density at radius 3 is 2.75 bits per heavy atom. The third-order valence-electron chi connectivity index (χ3n) is 3.35. The van der Waals surface area contributed by atoms with Crippen molar-refractivity contribution in [3.05, 3.63) is 47.3 Å². The maximum atomic E-state index is 5.89. The van der Waals surface area contributed by atoms with Crippen LogP contribution in [0.2, 0.25) is 0 Å². The minimum atomic E-state index is 0.0198. The van der Waals surface area contributed by atoms with Gasteiger partial charge in [-0.15, -0.1) is 0 Å². The fourth-order valence-corrected chi connectivity index (χ4v) is 2.12. The first kappa shape index (κ1) is 14.6. The predicted octanol–water partition coefficient (Wildman–Crippen LogP) is 3.06. The van der Waals surface area contributed by atoms with Crippen molar-refractivity contribution in [2.45, 2.75) is 46.4 Å². The van der Waals surface area contributed by atoms with Gasteiger partial charge < -0.3 is 10.5 Å². The summed E-state index contributed by atoms with van der Waals surface area (Å²) in [5.41, 5.74) is 9.18. The first-order valence-electron chi connectivity index (χ1n) is 7.18. The lowest BCUT2D eigenvalue weighted by Crippen LogP contribution is -2.07. The number of nitrogens with zero attached hydrogens (tertiary/aromatic N) is 2. The van der Waals surface area contributed by atoms with Gasteiger partial charge in [-0.25, -0.2) is 0 Å². The molecule has 0 saturated heterocycles. The number of hydrogen-bond acceptors (Lipinski definition) is 3. The lowest BCUT2D eigenvalue weighted by molar-refractivity contribution is 0.292. The Morgan fingerprint density at radius 1 is 1.30 bits per heavy atom. The van der Waals surface area contributed by atoms with Crippen LogP contribution in [-0.4, -0.2) is 9.78 Å². The van der Waals surface area contributed by atoms with Gasteiger partial charge in [0.25, 0.3) is 0 Å². The number of hydrogen-bond donors (Lipinski definition) is 1. The third kappa shape index (κ3) is 3.39. The third-order valence-corrected chi connectivity index (χ3v) is 3.35. The van der Waals surface area contributed by atoms with E-state index >= 15 is 0 Å². The van der Waals surface area contributed by atoms with Crippen LogP contribution < -0.4 is 10.5 Å². The zero-order valence-electron chi connectivity index (χ0n) is 12.5. The molecule has 1 atom stereocenters. The van der Waals surface area contributed by atoms with Crippen LogP contribution in [0.15, 0.2) is 30.3 Å². The zero-order valence-corrected chi connectivity index (χ0v) is 12.5. The molecule has 1 aromatic heterocycles. The molecule has 1 heterocycles. The lowest BCUT2D eigenvalue weighted by Gasteiger charge is -2.10. The van der Waals surface area contributed by atoms with Crippen LogP contribution in [0.4, 0.5) is 0 Å². The smallest absolute Gasteiger partial charge is 0.130 e. The summed E-state index contributed by atoms with van der Waals surface area (Å²) < 4.78 is 7.86. The van der Waals surface area contributed by atoms with Crippen molar-refractivity contribution in [1.29, 1.82) is 0 Å². The first-order valence-corrected chi connectivity index (χ1v) is 7.18. The molecular formula is C16H23N3O. The molecule has 0 saturated carbocycles. The van der Waals surface area contributed by atoms with Gasteiger partial charge in [-0.1, -0.05) is 19.1 Å².